The quantitative estimate of drug-likeness (QED) is 0.760. The lowest BCUT2D eigenvalue weighted by atomic mass is 10.2. The molecule has 0 spiro atoms. The number of nitrogens with zero attached hydrogens (tertiary/aromatic N) is 4. The van der Waals surface area contributed by atoms with Crippen LogP contribution in [0.15, 0.2) is 41.2 Å². The molecule has 4 rings (SSSR count). The van der Waals surface area contributed by atoms with Gasteiger partial charge in [0.15, 0.2) is 11.5 Å². The Labute approximate surface area is 142 Å². The first-order valence-corrected chi connectivity index (χ1v) is 7.56. The third kappa shape index (κ3) is 3.39. The summed E-state index contributed by atoms with van der Waals surface area (Å²) in [4.78, 5) is 20.2. The summed E-state index contributed by atoms with van der Waals surface area (Å²) in [7, 11) is 0. The summed E-state index contributed by atoms with van der Waals surface area (Å²) in [6.07, 6.45) is 4.52. The number of aromatic nitrogens is 4. The van der Waals surface area contributed by atoms with Crippen LogP contribution < -0.4 is 14.8 Å². The van der Waals surface area contributed by atoms with Crippen molar-refractivity contribution >= 4 is 11.6 Å². The molecule has 25 heavy (non-hydrogen) atoms. The zero-order valence-electron chi connectivity index (χ0n) is 13.0. The van der Waals surface area contributed by atoms with Crippen LogP contribution in [0.1, 0.15) is 5.89 Å². The average Bonchev–Trinajstić information content (AvgIpc) is 3.10. The van der Waals surface area contributed by atoms with Gasteiger partial charge < -0.3 is 19.2 Å². The van der Waals surface area contributed by atoms with Crippen LogP contribution in [-0.2, 0) is 11.2 Å². The van der Waals surface area contributed by atoms with Crippen LogP contribution in [0.3, 0.4) is 0 Å². The topological polar surface area (TPSA) is 112 Å². The molecule has 1 aliphatic heterocycles. The fourth-order valence-electron chi connectivity index (χ4n) is 2.30. The van der Waals surface area contributed by atoms with E-state index in [9.17, 15) is 4.79 Å². The van der Waals surface area contributed by atoms with Crippen molar-refractivity contribution in [2.24, 2.45) is 0 Å². The maximum absolute atomic E-state index is 12.2. The normalized spacial score (nSPS) is 12.6. The zero-order valence-corrected chi connectivity index (χ0v) is 13.0. The first-order valence-electron chi connectivity index (χ1n) is 7.56. The molecule has 2 aromatic heterocycles. The van der Waals surface area contributed by atoms with Gasteiger partial charge in [0.1, 0.15) is 25.3 Å². The first-order chi connectivity index (χ1) is 12.3. The molecule has 9 heteroatoms. The van der Waals surface area contributed by atoms with Crippen LogP contribution >= 0.6 is 0 Å². The number of anilines is 1. The van der Waals surface area contributed by atoms with E-state index in [0.717, 1.165) is 0 Å². The molecule has 0 saturated heterocycles. The van der Waals surface area contributed by atoms with Crippen molar-refractivity contribution in [1.29, 1.82) is 0 Å². The molecule has 0 saturated carbocycles. The van der Waals surface area contributed by atoms with Gasteiger partial charge in [-0.15, -0.1) is 10.2 Å². The average molecular weight is 339 g/mol. The van der Waals surface area contributed by atoms with Crippen LogP contribution in [0, 0.1) is 0 Å². The van der Waals surface area contributed by atoms with Crippen LogP contribution in [0.4, 0.5) is 5.69 Å². The molecule has 0 unspecified atom stereocenters. The number of nitrogens with one attached hydrogen (secondary N) is 1. The molecule has 0 bridgehead atoms. The van der Waals surface area contributed by atoms with E-state index in [4.69, 9.17) is 13.9 Å². The summed E-state index contributed by atoms with van der Waals surface area (Å²) < 4.78 is 16.4. The van der Waals surface area contributed by atoms with Gasteiger partial charge in [0.05, 0.1) is 6.20 Å². The number of carbonyl (C=O) groups is 1. The Morgan fingerprint density at radius 3 is 2.84 bits per heavy atom. The molecule has 3 aromatic rings. The number of ether oxygens (including phenoxy) is 2. The van der Waals surface area contributed by atoms with Gasteiger partial charge in [-0.2, -0.15) is 0 Å². The van der Waals surface area contributed by atoms with Gasteiger partial charge in [-0.05, 0) is 12.1 Å². The summed E-state index contributed by atoms with van der Waals surface area (Å²) in [5.74, 6) is 1.39. The van der Waals surface area contributed by atoms with E-state index < -0.39 is 0 Å². The Hall–Kier alpha value is -3.49. The second kappa shape index (κ2) is 6.56. The fourth-order valence-corrected chi connectivity index (χ4v) is 2.30. The van der Waals surface area contributed by atoms with Crippen molar-refractivity contribution in [3.8, 4) is 23.1 Å². The summed E-state index contributed by atoms with van der Waals surface area (Å²) in [5.41, 5.74) is 1.05. The molecule has 0 atom stereocenters. The smallest absolute Gasteiger partial charge is 0.267 e. The number of carbonyl (C=O) groups excluding carboxylic acids is 1. The number of hydrogen-bond acceptors (Lipinski definition) is 8. The lowest BCUT2D eigenvalue weighted by Gasteiger charge is -2.18. The summed E-state index contributed by atoms with van der Waals surface area (Å²) in [5, 5.41) is 10.5. The molecular weight excluding hydrogens is 326 g/mol. The number of benzene rings is 1. The van der Waals surface area contributed by atoms with Crippen LogP contribution in [0.5, 0.6) is 11.5 Å². The third-order valence-electron chi connectivity index (χ3n) is 3.39. The van der Waals surface area contributed by atoms with Crippen LogP contribution in [0.25, 0.3) is 11.6 Å². The van der Waals surface area contributed by atoms with Gasteiger partial charge in [0, 0.05) is 24.1 Å². The number of hydrogen-bond donors (Lipinski definition) is 1. The van der Waals surface area contributed by atoms with Crippen molar-refractivity contribution in [3.05, 3.63) is 42.7 Å². The number of fused-ring (bicyclic) bond motifs is 1. The van der Waals surface area contributed by atoms with E-state index in [1.54, 1.807) is 24.4 Å². The van der Waals surface area contributed by atoms with Crippen molar-refractivity contribution in [3.63, 3.8) is 0 Å². The summed E-state index contributed by atoms with van der Waals surface area (Å²) >= 11 is 0. The standard InChI is InChI=1S/C16H13N5O4/c22-14(19-10-1-2-12-13(7-10)24-6-5-23-12)8-15-20-21-16(25-15)11-9-17-3-4-18-11/h1-4,7,9H,5-6,8H2,(H,19,22). The summed E-state index contributed by atoms with van der Waals surface area (Å²) in [6, 6.07) is 5.21. The van der Waals surface area contributed by atoms with Crippen LogP contribution in [0.2, 0.25) is 0 Å². The highest BCUT2D eigenvalue weighted by Crippen LogP contribution is 2.32. The minimum Gasteiger partial charge on any atom is -0.486 e. The lowest BCUT2D eigenvalue weighted by Crippen LogP contribution is -2.17. The molecule has 1 aromatic carbocycles. The fraction of sp³-hybridized carbons (Fsp3) is 0.188. The number of amides is 1. The zero-order chi connectivity index (χ0) is 17.1. The third-order valence-corrected chi connectivity index (χ3v) is 3.39. The molecule has 9 nitrogen and oxygen atoms in total. The Kier molecular flexibility index (Phi) is 3.95. The van der Waals surface area contributed by atoms with Gasteiger partial charge in [-0.25, -0.2) is 4.98 Å². The minimum absolute atomic E-state index is 0.0539. The number of rotatable bonds is 4. The van der Waals surface area contributed by atoms with Gasteiger partial charge in [0.2, 0.25) is 11.8 Å². The van der Waals surface area contributed by atoms with Crippen LogP contribution in [-0.4, -0.2) is 39.3 Å². The molecule has 1 aliphatic rings. The van der Waals surface area contributed by atoms with E-state index in [2.05, 4.69) is 25.5 Å². The monoisotopic (exact) mass is 339 g/mol. The van der Waals surface area contributed by atoms with E-state index >= 15 is 0 Å². The van der Waals surface area contributed by atoms with E-state index in [-0.39, 0.29) is 24.1 Å². The Bertz CT molecular complexity index is 897. The largest absolute Gasteiger partial charge is 0.486 e. The molecule has 0 fully saturated rings. The second-order valence-corrected chi connectivity index (χ2v) is 5.17. The molecular formula is C16H13N5O4. The van der Waals surface area contributed by atoms with Gasteiger partial charge in [-0.1, -0.05) is 0 Å². The predicted octanol–water partition coefficient (Wildman–Crippen LogP) is 1.48. The van der Waals surface area contributed by atoms with E-state index in [0.29, 0.717) is 36.1 Å². The van der Waals surface area contributed by atoms with Gasteiger partial charge in [-0.3, -0.25) is 9.78 Å². The predicted molar refractivity (Wildman–Crippen MR) is 85.1 cm³/mol. The van der Waals surface area contributed by atoms with Gasteiger partial charge in [0.25, 0.3) is 5.89 Å². The molecule has 1 N–H and O–H groups in total. The minimum atomic E-state index is -0.286. The highest BCUT2D eigenvalue weighted by atomic mass is 16.6. The Morgan fingerprint density at radius 1 is 1.12 bits per heavy atom. The maximum Gasteiger partial charge on any atom is 0.267 e. The molecule has 0 aliphatic carbocycles. The Balaban J connectivity index is 1.42. The molecule has 3 heterocycles. The molecule has 126 valence electrons. The lowest BCUT2D eigenvalue weighted by molar-refractivity contribution is -0.115. The highest BCUT2D eigenvalue weighted by molar-refractivity contribution is 5.92. The van der Waals surface area contributed by atoms with Crippen molar-refractivity contribution < 1.29 is 18.7 Å². The SMILES string of the molecule is O=C(Cc1nnc(-c2cnccn2)o1)Nc1ccc2c(c1)OCCO2. The van der Waals surface area contributed by atoms with E-state index in [1.165, 1.54) is 12.4 Å². The molecule has 1 amide bonds. The maximum atomic E-state index is 12.2. The second-order valence-electron chi connectivity index (χ2n) is 5.17. The van der Waals surface area contributed by atoms with Gasteiger partial charge >= 0.3 is 0 Å². The van der Waals surface area contributed by atoms with Crippen molar-refractivity contribution in [2.75, 3.05) is 18.5 Å². The molecule has 0 radical (unpaired) electrons. The Morgan fingerprint density at radius 2 is 2.00 bits per heavy atom. The highest BCUT2D eigenvalue weighted by Gasteiger charge is 2.15. The van der Waals surface area contributed by atoms with Crippen molar-refractivity contribution in [1.82, 2.24) is 20.2 Å². The van der Waals surface area contributed by atoms with Crippen molar-refractivity contribution in [2.45, 2.75) is 6.42 Å². The van der Waals surface area contributed by atoms with E-state index in [1.807, 2.05) is 0 Å². The summed E-state index contributed by atoms with van der Waals surface area (Å²) in [6.45, 7) is 1.00. The first kappa shape index (κ1) is 15.1.